The summed E-state index contributed by atoms with van der Waals surface area (Å²) >= 11 is 0. The minimum absolute atomic E-state index is 0.0376. The van der Waals surface area contributed by atoms with Crippen LogP contribution in [0.2, 0.25) is 0 Å². The number of guanidine groups is 1. The summed E-state index contributed by atoms with van der Waals surface area (Å²) in [5.74, 6) is -1.08. The molecule has 0 aromatic heterocycles. The third kappa shape index (κ3) is 8.31. The molecule has 3 rings (SSSR count). The number of ether oxygens (including phenoxy) is 1. The Kier molecular flexibility index (Phi) is 9.89. The Balaban J connectivity index is 1.85. The van der Waals surface area contributed by atoms with E-state index in [1.54, 1.807) is 37.3 Å². The van der Waals surface area contributed by atoms with E-state index in [9.17, 15) is 18.0 Å². The van der Waals surface area contributed by atoms with Crippen molar-refractivity contribution in [2.45, 2.75) is 51.5 Å². The number of sulfonamides is 1. The van der Waals surface area contributed by atoms with Crippen molar-refractivity contribution in [1.29, 1.82) is 5.41 Å². The molecule has 0 aliphatic carbocycles. The molecule has 1 amide bonds. The molecule has 212 valence electrons. The number of hydrogen-bond acceptors (Lipinski definition) is 6. The second kappa shape index (κ2) is 13.1. The highest BCUT2D eigenvalue weighted by Gasteiger charge is 2.22. The monoisotopic (exact) mass is 565 g/mol. The fourth-order valence-corrected chi connectivity index (χ4v) is 5.56. The molecule has 11 heteroatoms. The maximum Gasteiger partial charge on any atom is 0.308 e. The summed E-state index contributed by atoms with van der Waals surface area (Å²) in [6.45, 7) is 7.81. The minimum atomic E-state index is -4.00. The molecule has 0 spiro atoms. The zero-order chi connectivity index (χ0) is 29.4. The predicted molar refractivity (Wildman–Crippen MR) is 156 cm³/mol. The Labute approximate surface area is 234 Å². The lowest BCUT2D eigenvalue weighted by Crippen LogP contribution is -2.32. The topological polar surface area (TPSA) is 163 Å². The van der Waals surface area contributed by atoms with Crippen molar-refractivity contribution in [1.82, 2.24) is 5.32 Å². The molecule has 10 nitrogen and oxygen atoms in total. The van der Waals surface area contributed by atoms with Crippen LogP contribution in [0, 0.1) is 26.2 Å². The molecule has 6 N–H and O–H groups in total. The lowest BCUT2D eigenvalue weighted by molar-refractivity contribution is -0.143. The molecular weight excluding hydrogens is 530 g/mol. The van der Waals surface area contributed by atoms with Crippen LogP contribution < -0.4 is 21.1 Å². The number of nitrogens with one attached hydrogen (secondary N) is 4. The molecule has 0 aliphatic heterocycles. The Bertz CT molecular complexity index is 1500. The number of benzene rings is 3. The van der Waals surface area contributed by atoms with Crippen molar-refractivity contribution in [3.63, 3.8) is 0 Å². The van der Waals surface area contributed by atoms with Gasteiger partial charge in [-0.25, -0.2) is 8.42 Å². The largest absolute Gasteiger partial charge is 0.466 e. The van der Waals surface area contributed by atoms with Crippen LogP contribution >= 0.6 is 0 Å². The number of aryl methyl sites for hydroxylation is 3. The zero-order valence-electron chi connectivity index (χ0n) is 23.0. The molecular formula is C29H35N5O5S. The van der Waals surface area contributed by atoms with Crippen molar-refractivity contribution in [3.8, 4) is 0 Å². The number of esters is 1. The highest BCUT2D eigenvalue weighted by atomic mass is 32.2. The molecule has 0 fully saturated rings. The number of anilines is 2. The molecule has 40 heavy (non-hydrogen) atoms. The van der Waals surface area contributed by atoms with E-state index in [1.807, 2.05) is 32.9 Å². The molecule has 0 bridgehead atoms. The van der Waals surface area contributed by atoms with E-state index in [0.717, 1.165) is 22.3 Å². The zero-order valence-corrected chi connectivity index (χ0v) is 23.8. The second-order valence-corrected chi connectivity index (χ2v) is 11.2. The van der Waals surface area contributed by atoms with Crippen LogP contribution in [0.4, 0.5) is 11.4 Å². The summed E-state index contributed by atoms with van der Waals surface area (Å²) in [6, 6.07) is 15.7. The lowest BCUT2D eigenvalue weighted by atomic mass is 9.96. The van der Waals surface area contributed by atoms with Crippen LogP contribution in [0.5, 0.6) is 0 Å². The minimum Gasteiger partial charge on any atom is -0.466 e. The van der Waals surface area contributed by atoms with E-state index >= 15 is 0 Å². The third-order valence-corrected chi connectivity index (χ3v) is 7.53. The van der Waals surface area contributed by atoms with Crippen LogP contribution in [0.25, 0.3) is 0 Å². The van der Waals surface area contributed by atoms with Crippen LogP contribution in [0.3, 0.4) is 0 Å². The van der Waals surface area contributed by atoms with Gasteiger partial charge in [-0.05, 0) is 80.3 Å². The number of nitrogens with two attached hydrogens (primary N) is 1. The third-order valence-electron chi connectivity index (χ3n) is 6.15. The predicted octanol–water partition coefficient (Wildman–Crippen LogP) is 4.07. The second-order valence-electron chi connectivity index (χ2n) is 9.48. The van der Waals surface area contributed by atoms with Gasteiger partial charge >= 0.3 is 5.97 Å². The highest BCUT2D eigenvalue weighted by Crippen LogP contribution is 2.25. The smallest absolute Gasteiger partial charge is 0.308 e. The number of carbonyl (C=O) groups excluding carboxylic acids is 2. The van der Waals surface area contributed by atoms with Crippen molar-refractivity contribution in [3.05, 3.63) is 88.5 Å². The average molecular weight is 566 g/mol. The average Bonchev–Trinajstić information content (AvgIpc) is 2.85. The first-order valence-electron chi connectivity index (χ1n) is 12.7. The van der Waals surface area contributed by atoms with Crippen molar-refractivity contribution in [2.24, 2.45) is 5.73 Å². The van der Waals surface area contributed by atoms with E-state index in [0.29, 0.717) is 11.3 Å². The van der Waals surface area contributed by atoms with Crippen molar-refractivity contribution >= 4 is 39.2 Å². The van der Waals surface area contributed by atoms with Crippen LogP contribution in [0.1, 0.15) is 47.2 Å². The van der Waals surface area contributed by atoms with E-state index < -0.39 is 22.0 Å². The quantitative estimate of drug-likeness (QED) is 0.133. The van der Waals surface area contributed by atoms with Gasteiger partial charge in [-0.1, -0.05) is 35.9 Å². The van der Waals surface area contributed by atoms with Gasteiger partial charge in [-0.15, -0.1) is 0 Å². The fraction of sp³-hybridized carbons (Fsp3) is 0.276. The van der Waals surface area contributed by atoms with E-state index in [4.69, 9.17) is 15.9 Å². The Hall–Kier alpha value is -4.38. The first kappa shape index (κ1) is 30.2. The Morgan fingerprint density at radius 3 is 2.27 bits per heavy atom. The lowest BCUT2D eigenvalue weighted by Gasteiger charge is -2.20. The summed E-state index contributed by atoms with van der Waals surface area (Å²) in [7, 11) is -4.00. The van der Waals surface area contributed by atoms with E-state index in [2.05, 4.69) is 15.4 Å². The molecule has 0 heterocycles. The summed E-state index contributed by atoms with van der Waals surface area (Å²) in [6.07, 6.45) is 0.00857. The van der Waals surface area contributed by atoms with Gasteiger partial charge in [-0.3, -0.25) is 19.7 Å². The number of carbonyl (C=O) groups is 2. The van der Waals surface area contributed by atoms with Gasteiger partial charge < -0.3 is 21.1 Å². The molecule has 0 radical (unpaired) electrons. The molecule has 0 saturated carbocycles. The fourth-order valence-electron chi connectivity index (χ4n) is 4.46. The Morgan fingerprint density at radius 2 is 1.62 bits per heavy atom. The van der Waals surface area contributed by atoms with E-state index in [1.165, 1.54) is 18.2 Å². The number of rotatable bonds is 11. The van der Waals surface area contributed by atoms with Crippen LogP contribution in [-0.4, -0.2) is 32.9 Å². The maximum absolute atomic E-state index is 13.1. The SMILES string of the molecule is CCOC(=O)CC(NC(=O)Cc1c(C)cc(C)cc1C)c1cccc(NS(=O)(=O)c2cccc(NC(=N)N)c2)c1. The molecule has 0 saturated heterocycles. The van der Waals surface area contributed by atoms with Crippen LogP contribution in [-0.2, 0) is 30.8 Å². The van der Waals surface area contributed by atoms with Gasteiger partial charge in [0.25, 0.3) is 10.0 Å². The van der Waals surface area contributed by atoms with Crippen molar-refractivity contribution in [2.75, 3.05) is 16.6 Å². The first-order valence-corrected chi connectivity index (χ1v) is 14.2. The molecule has 3 aromatic carbocycles. The summed E-state index contributed by atoms with van der Waals surface area (Å²) < 4.78 is 33.8. The van der Waals surface area contributed by atoms with Crippen molar-refractivity contribution < 1.29 is 22.7 Å². The first-order chi connectivity index (χ1) is 18.9. The summed E-state index contributed by atoms with van der Waals surface area (Å²) in [5.41, 5.74) is 10.5. The molecule has 0 aliphatic rings. The van der Waals surface area contributed by atoms with E-state index in [-0.39, 0.29) is 41.9 Å². The normalized spacial score (nSPS) is 11.8. The molecule has 1 atom stereocenters. The molecule has 1 unspecified atom stereocenters. The van der Waals surface area contributed by atoms with Gasteiger partial charge in [0.15, 0.2) is 5.96 Å². The van der Waals surface area contributed by atoms with Gasteiger partial charge in [-0.2, -0.15) is 0 Å². The number of hydrogen-bond donors (Lipinski definition) is 5. The maximum atomic E-state index is 13.1. The van der Waals surface area contributed by atoms with Gasteiger partial charge in [0.05, 0.1) is 30.4 Å². The van der Waals surface area contributed by atoms with Gasteiger partial charge in [0.1, 0.15) is 0 Å². The standard InChI is InChI=1S/C29H35N5O5S/c1-5-39-28(36)17-26(33-27(35)16-25-19(3)12-18(2)13-20(25)4)21-8-6-10-23(14-21)34-40(37,38)24-11-7-9-22(15-24)32-29(30)31/h6-15,26,34H,5,16-17H2,1-4H3,(H,33,35)(H4,30,31,32). The van der Waals surface area contributed by atoms with Crippen LogP contribution in [0.15, 0.2) is 65.6 Å². The Morgan fingerprint density at radius 1 is 0.975 bits per heavy atom. The summed E-state index contributed by atoms with van der Waals surface area (Å²) in [4.78, 5) is 25.5. The number of amides is 1. The van der Waals surface area contributed by atoms with Gasteiger partial charge in [0, 0.05) is 11.4 Å². The van der Waals surface area contributed by atoms with Gasteiger partial charge in [0.2, 0.25) is 5.91 Å². The molecule has 3 aromatic rings. The highest BCUT2D eigenvalue weighted by molar-refractivity contribution is 7.92. The summed E-state index contributed by atoms with van der Waals surface area (Å²) in [5, 5.41) is 12.8.